The summed E-state index contributed by atoms with van der Waals surface area (Å²) in [4.78, 5) is 37.1. The minimum absolute atomic E-state index is 0.0234. The van der Waals surface area contributed by atoms with E-state index in [4.69, 9.17) is 14.2 Å². The highest BCUT2D eigenvalue weighted by Gasteiger charge is 2.24. The van der Waals surface area contributed by atoms with Crippen molar-refractivity contribution in [2.45, 2.75) is 39.8 Å². The van der Waals surface area contributed by atoms with Gasteiger partial charge < -0.3 is 24.1 Å². The van der Waals surface area contributed by atoms with Gasteiger partial charge in [-0.2, -0.15) is 0 Å². The molecule has 36 heavy (non-hydrogen) atoms. The van der Waals surface area contributed by atoms with Crippen LogP contribution in [0, 0.1) is 20.8 Å². The highest BCUT2D eigenvalue weighted by Crippen LogP contribution is 2.31. The van der Waals surface area contributed by atoms with Gasteiger partial charge in [0.05, 0.1) is 13.0 Å². The van der Waals surface area contributed by atoms with E-state index in [1.165, 1.54) is 0 Å². The monoisotopic (exact) mass is 490 g/mol. The maximum atomic E-state index is 12.8. The predicted octanol–water partition coefficient (Wildman–Crippen LogP) is 3.80. The van der Waals surface area contributed by atoms with Crippen LogP contribution in [0.1, 0.15) is 44.1 Å². The molecule has 1 unspecified atom stereocenters. The molecule has 0 bridgehead atoms. The number of rotatable bonds is 9. The van der Waals surface area contributed by atoms with Gasteiger partial charge in [0.25, 0.3) is 5.91 Å². The lowest BCUT2D eigenvalue weighted by atomic mass is 10.1. The van der Waals surface area contributed by atoms with E-state index in [2.05, 4.69) is 5.32 Å². The number of hydrogen-bond acceptors (Lipinski definition) is 6. The van der Waals surface area contributed by atoms with E-state index in [0.29, 0.717) is 30.0 Å². The summed E-state index contributed by atoms with van der Waals surface area (Å²) in [6.45, 7) is 6.34. The molecule has 0 aliphatic carbocycles. The van der Waals surface area contributed by atoms with Crippen LogP contribution >= 0.6 is 0 Å². The smallest absolute Gasteiger partial charge is 0.308 e. The molecule has 1 aliphatic rings. The molecule has 8 nitrogen and oxygen atoms in total. The SMILES string of the molecule is Cc1ccccc1C(=O)NCCC(=O)OCC(=O)c1cc(C)n(CC2COc3ccccc3O2)c1C. The van der Waals surface area contributed by atoms with E-state index in [1.54, 1.807) is 18.2 Å². The fourth-order valence-electron chi connectivity index (χ4n) is 4.22. The molecule has 2 heterocycles. The van der Waals surface area contributed by atoms with Crippen molar-refractivity contribution in [3.05, 3.63) is 82.7 Å². The van der Waals surface area contributed by atoms with Gasteiger partial charge in [0.1, 0.15) is 6.61 Å². The van der Waals surface area contributed by atoms with Crippen LogP contribution in [0.3, 0.4) is 0 Å². The Morgan fingerprint density at radius 3 is 2.50 bits per heavy atom. The van der Waals surface area contributed by atoms with Gasteiger partial charge in [0, 0.05) is 29.1 Å². The number of nitrogens with zero attached hydrogens (tertiary/aromatic N) is 1. The van der Waals surface area contributed by atoms with Crippen LogP contribution in [0.2, 0.25) is 0 Å². The molecule has 0 spiro atoms. The van der Waals surface area contributed by atoms with Crippen LogP contribution in [0.4, 0.5) is 0 Å². The second-order valence-corrected chi connectivity index (χ2v) is 8.80. The number of aryl methyl sites for hydroxylation is 2. The van der Waals surface area contributed by atoms with Gasteiger partial charge in [-0.3, -0.25) is 14.4 Å². The van der Waals surface area contributed by atoms with Crippen molar-refractivity contribution < 1.29 is 28.6 Å². The number of hydrogen-bond donors (Lipinski definition) is 1. The molecule has 0 saturated carbocycles. The summed E-state index contributed by atoms with van der Waals surface area (Å²) in [7, 11) is 0. The lowest BCUT2D eigenvalue weighted by molar-refractivity contribution is -0.142. The first-order valence-electron chi connectivity index (χ1n) is 11.9. The average Bonchev–Trinajstić information content (AvgIpc) is 3.15. The second kappa shape index (κ2) is 11.1. The molecule has 1 amide bonds. The summed E-state index contributed by atoms with van der Waals surface area (Å²) in [5.41, 5.74) is 3.61. The minimum atomic E-state index is -0.548. The normalized spacial score (nSPS) is 14.2. The average molecular weight is 491 g/mol. The first-order valence-corrected chi connectivity index (χ1v) is 11.9. The summed E-state index contributed by atoms with van der Waals surface area (Å²) in [6.07, 6.45) is -0.218. The van der Waals surface area contributed by atoms with Crippen LogP contribution in [0.5, 0.6) is 11.5 Å². The standard InChI is InChI=1S/C28H30N2O6/c1-18-8-4-5-9-22(18)28(33)29-13-12-27(32)35-17-24(31)23-14-19(2)30(20(23)3)15-21-16-34-25-10-6-7-11-26(25)36-21/h4-11,14,21H,12-13,15-17H2,1-3H3,(H,29,33). The number of benzene rings is 2. The lowest BCUT2D eigenvalue weighted by Gasteiger charge is -2.27. The highest BCUT2D eigenvalue weighted by atomic mass is 16.6. The largest absolute Gasteiger partial charge is 0.486 e. The van der Waals surface area contributed by atoms with E-state index in [9.17, 15) is 14.4 Å². The maximum absolute atomic E-state index is 12.8. The van der Waals surface area contributed by atoms with Crippen molar-refractivity contribution in [3.8, 4) is 11.5 Å². The third-order valence-corrected chi connectivity index (χ3v) is 6.20. The molecule has 0 fully saturated rings. The predicted molar refractivity (Wildman–Crippen MR) is 134 cm³/mol. The zero-order chi connectivity index (χ0) is 25.7. The number of esters is 1. The van der Waals surface area contributed by atoms with Crippen LogP contribution in [-0.2, 0) is 16.1 Å². The van der Waals surface area contributed by atoms with E-state index in [0.717, 1.165) is 22.7 Å². The van der Waals surface area contributed by atoms with Crippen LogP contribution in [0.15, 0.2) is 54.6 Å². The molecule has 4 rings (SSSR count). The molecule has 0 radical (unpaired) electrons. The van der Waals surface area contributed by atoms with Gasteiger partial charge in [-0.25, -0.2) is 0 Å². The van der Waals surface area contributed by atoms with Crippen molar-refractivity contribution >= 4 is 17.7 Å². The Morgan fingerprint density at radius 2 is 1.72 bits per heavy atom. The van der Waals surface area contributed by atoms with Crippen molar-refractivity contribution in [2.24, 2.45) is 0 Å². The zero-order valence-electron chi connectivity index (χ0n) is 20.7. The number of carbonyl (C=O) groups excluding carboxylic acids is 3. The van der Waals surface area contributed by atoms with E-state index < -0.39 is 5.97 Å². The van der Waals surface area contributed by atoms with Crippen LogP contribution in [0.25, 0.3) is 0 Å². The molecule has 8 heteroatoms. The first kappa shape index (κ1) is 25.0. The Morgan fingerprint density at radius 1 is 1.00 bits per heavy atom. The molecular weight excluding hydrogens is 460 g/mol. The molecule has 1 aromatic heterocycles. The molecule has 1 atom stereocenters. The number of ether oxygens (including phenoxy) is 3. The van der Waals surface area contributed by atoms with Crippen molar-refractivity contribution in [2.75, 3.05) is 19.8 Å². The number of para-hydroxylation sites is 2. The minimum Gasteiger partial charge on any atom is -0.486 e. The molecule has 1 aliphatic heterocycles. The molecule has 2 aromatic carbocycles. The van der Waals surface area contributed by atoms with Gasteiger partial charge in [0.15, 0.2) is 24.2 Å². The summed E-state index contributed by atoms with van der Waals surface area (Å²) < 4.78 is 19.0. The number of fused-ring (bicyclic) bond motifs is 1. The number of Topliss-reactive ketones (excluding diaryl/α,β-unsaturated/α-hetero) is 1. The third kappa shape index (κ3) is 5.76. The number of carbonyl (C=O) groups is 3. The van der Waals surface area contributed by atoms with Gasteiger partial charge in [-0.15, -0.1) is 0 Å². The fourth-order valence-corrected chi connectivity index (χ4v) is 4.22. The highest BCUT2D eigenvalue weighted by molar-refractivity contribution is 5.99. The summed E-state index contributed by atoms with van der Waals surface area (Å²) >= 11 is 0. The van der Waals surface area contributed by atoms with Crippen molar-refractivity contribution in [1.82, 2.24) is 9.88 Å². The quantitative estimate of drug-likeness (QED) is 0.362. The number of nitrogens with one attached hydrogen (secondary N) is 1. The number of aromatic nitrogens is 1. The molecule has 1 N–H and O–H groups in total. The molecule has 3 aromatic rings. The van der Waals surface area contributed by atoms with Crippen LogP contribution < -0.4 is 14.8 Å². The van der Waals surface area contributed by atoms with Crippen molar-refractivity contribution in [1.29, 1.82) is 0 Å². The van der Waals surface area contributed by atoms with E-state index in [1.807, 2.05) is 61.7 Å². The van der Waals surface area contributed by atoms with E-state index >= 15 is 0 Å². The molecular formula is C28H30N2O6. The summed E-state index contributed by atoms with van der Waals surface area (Å²) in [5.74, 6) is 0.350. The molecule has 188 valence electrons. The topological polar surface area (TPSA) is 95.9 Å². The summed E-state index contributed by atoms with van der Waals surface area (Å²) in [6, 6.07) is 16.5. The van der Waals surface area contributed by atoms with Gasteiger partial charge in [-0.05, 0) is 50.6 Å². The van der Waals surface area contributed by atoms with Gasteiger partial charge >= 0.3 is 5.97 Å². The Bertz CT molecular complexity index is 1280. The van der Waals surface area contributed by atoms with Crippen molar-refractivity contribution in [3.63, 3.8) is 0 Å². The molecule has 0 saturated heterocycles. The van der Waals surface area contributed by atoms with Crippen LogP contribution in [-0.4, -0.2) is 48.1 Å². The second-order valence-electron chi connectivity index (χ2n) is 8.80. The Balaban J connectivity index is 1.26. The Kier molecular flexibility index (Phi) is 7.73. The third-order valence-electron chi connectivity index (χ3n) is 6.20. The Labute approximate surface area is 210 Å². The Hall–Kier alpha value is -4.07. The first-order chi connectivity index (χ1) is 17.3. The number of ketones is 1. The van der Waals surface area contributed by atoms with E-state index in [-0.39, 0.29) is 37.4 Å². The summed E-state index contributed by atoms with van der Waals surface area (Å²) in [5, 5.41) is 2.70. The number of amides is 1. The maximum Gasteiger partial charge on any atom is 0.308 e. The van der Waals surface area contributed by atoms with Gasteiger partial charge in [-0.1, -0.05) is 30.3 Å². The lowest BCUT2D eigenvalue weighted by Crippen LogP contribution is -2.33. The van der Waals surface area contributed by atoms with Gasteiger partial charge in [0.2, 0.25) is 5.78 Å². The zero-order valence-corrected chi connectivity index (χ0v) is 20.7. The fraction of sp³-hybridized carbons (Fsp3) is 0.321.